The summed E-state index contributed by atoms with van der Waals surface area (Å²) in [4.78, 5) is 7.01. The van der Waals surface area contributed by atoms with Crippen LogP contribution in [0.2, 0.25) is 0 Å². The van der Waals surface area contributed by atoms with E-state index in [0.717, 1.165) is 35.3 Å². The van der Waals surface area contributed by atoms with Gasteiger partial charge in [0.25, 0.3) is 0 Å². The molecule has 0 saturated heterocycles. The smallest absolute Gasteiger partial charge is 0.124 e. The van der Waals surface area contributed by atoms with E-state index >= 15 is 0 Å². The Morgan fingerprint density at radius 1 is 1.33 bits per heavy atom. The summed E-state index contributed by atoms with van der Waals surface area (Å²) in [5.74, 6) is 1.42. The van der Waals surface area contributed by atoms with Crippen molar-refractivity contribution in [1.29, 1.82) is 0 Å². The molecule has 21 heavy (non-hydrogen) atoms. The molecule has 0 aliphatic carbocycles. The Morgan fingerprint density at radius 2 is 2.10 bits per heavy atom. The number of aromatic nitrogens is 2. The Balaban J connectivity index is 2.04. The van der Waals surface area contributed by atoms with Crippen LogP contribution in [0.15, 0.2) is 22.7 Å². The van der Waals surface area contributed by atoms with E-state index in [1.54, 1.807) is 0 Å². The standard InChI is InChI=1S/C16H23BrClN3/c1-12(2)20(3)8-4-5-9-21-15-7-6-13(17)10-14(15)19-16(21)11-18/h6-7,10,12H,4-5,8-9,11H2,1-3H3. The lowest BCUT2D eigenvalue weighted by Crippen LogP contribution is -2.27. The lowest BCUT2D eigenvalue weighted by atomic mass is 10.2. The van der Waals surface area contributed by atoms with Crippen LogP contribution >= 0.6 is 27.5 Å². The Morgan fingerprint density at radius 3 is 2.76 bits per heavy atom. The molecule has 1 aromatic carbocycles. The van der Waals surface area contributed by atoms with Crippen LogP contribution in [0.1, 0.15) is 32.5 Å². The third-order valence-corrected chi connectivity index (χ3v) is 4.67. The fourth-order valence-electron chi connectivity index (χ4n) is 2.39. The lowest BCUT2D eigenvalue weighted by Gasteiger charge is -2.20. The third kappa shape index (κ3) is 4.21. The maximum Gasteiger partial charge on any atom is 0.124 e. The summed E-state index contributed by atoms with van der Waals surface area (Å²) in [6, 6.07) is 6.83. The zero-order chi connectivity index (χ0) is 15.4. The summed E-state index contributed by atoms with van der Waals surface area (Å²) in [5.41, 5.74) is 2.19. The number of nitrogens with zero attached hydrogens (tertiary/aromatic N) is 3. The van der Waals surface area contributed by atoms with Gasteiger partial charge in [-0.05, 0) is 58.5 Å². The molecule has 2 aromatic rings. The van der Waals surface area contributed by atoms with E-state index in [2.05, 4.69) is 69.5 Å². The number of aryl methyl sites for hydroxylation is 1. The van der Waals surface area contributed by atoms with Crippen molar-refractivity contribution >= 4 is 38.6 Å². The molecular weight excluding hydrogens is 350 g/mol. The molecule has 1 aromatic heterocycles. The van der Waals surface area contributed by atoms with Gasteiger partial charge in [-0.15, -0.1) is 11.6 Å². The molecule has 0 aliphatic heterocycles. The molecule has 0 spiro atoms. The zero-order valence-corrected chi connectivity index (χ0v) is 15.3. The van der Waals surface area contributed by atoms with Crippen molar-refractivity contribution in [2.45, 2.75) is 45.2 Å². The van der Waals surface area contributed by atoms with Gasteiger partial charge in [0.2, 0.25) is 0 Å². The maximum absolute atomic E-state index is 6.04. The first-order valence-corrected chi connectivity index (χ1v) is 8.76. The highest BCUT2D eigenvalue weighted by Crippen LogP contribution is 2.22. The fourth-order valence-corrected chi connectivity index (χ4v) is 2.95. The summed E-state index contributed by atoms with van der Waals surface area (Å²) in [5, 5.41) is 0. The van der Waals surface area contributed by atoms with Gasteiger partial charge in [0.1, 0.15) is 5.82 Å². The van der Waals surface area contributed by atoms with Crippen molar-refractivity contribution in [3.63, 3.8) is 0 Å². The first-order valence-electron chi connectivity index (χ1n) is 7.43. The van der Waals surface area contributed by atoms with Crippen molar-refractivity contribution in [2.24, 2.45) is 0 Å². The molecule has 0 saturated carbocycles. The van der Waals surface area contributed by atoms with Crippen LogP contribution in [0, 0.1) is 0 Å². The molecule has 0 fully saturated rings. The quantitative estimate of drug-likeness (QED) is 0.521. The van der Waals surface area contributed by atoms with Crippen molar-refractivity contribution in [2.75, 3.05) is 13.6 Å². The monoisotopic (exact) mass is 371 g/mol. The number of alkyl halides is 1. The fraction of sp³-hybridized carbons (Fsp3) is 0.562. The molecule has 1 heterocycles. The molecule has 0 unspecified atom stereocenters. The second-order valence-electron chi connectivity index (χ2n) is 5.73. The van der Waals surface area contributed by atoms with E-state index in [9.17, 15) is 0 Å². The molecule has 0 amide bonds. The van der Waals surface area contributed by atoms with Gasteiger partial charge in [-0.25, -0.2) is 4.98 Å². The minimum Gasteiger partial charge on any atom is -0.327 e. The Labute approximate surface area is 140 Å². The average Bonchev–Trinajstić information content (AvgIpc) is 2.80. The topological polar surface area (TPSA) is 21.1 Å². The van der Waals surface area contributed by atoms with Gasteiger partial charge >= 0.3 is 0 Å². The number of rotatable bonds is 7. The van der Waals surface area contributed by atoms with E-state index in [1.165, 1.54) is 11.9 Å². The summed E-state index contributed by atoms with van der Waals surface area (Å²) < 4.78 is 3.31. The summed E-state index contributed by atoms with van der Waals surface area (Å²) >= 11 is 9.54. The highest BCUT2D eigenvalue weighted by molar-refractivity contribution is 9.10. The highest BCUT2D eigenvalue weighted by Gasteiger charge is 2.10. The molecule has 5 heteroatoms. The number of benzene rings is 1. The number of hydrogen-bond acceptors (Lipinski definition) is 2. The minimum absolute atomic E-state index is 0.457. The average molecular weight is 373 g/mol. The summed E-state index contributed by atoms with van der Waals surface area (Å²) in [7, 11) is 2.18. The van der Waals surface area contributed by atoms with Crippen LogP contribution in [0.4, 0.5) is 0 Å². The Hall–Kier alpha value is -0.580. The Kier molecular flexibility index (Phi) is 6.08. The lowest BCUT2D eigenvalue weighted by molar-refractivity contribution is 0.266. The van der Waals surface area contributed by atoms with Gasteiger partial charge in [-0.3, -0.25) is 0 Å². The second-order valence-corrected chi connectivity index (χ2v) is 6.91. The summed E-state index contributed by atoms with van der Waals surface area (Å²) in [6.07, 6.45) is 2.33. The number of unbranched alkanes of at least 4 members (excludes halogenated alkanes) is 1. The van der Waals surface area contributed by atoms with Crippen LogP contribution in [-0.4, -0.2) is 34.1 Å². The second kappa shape index (κ2) is 7.61. The molecule has 0 atom stereocenters. The third-order valence-electron chi connectivity index (χ3n) is 3.93. The van der Waals surface area contributed by atoms with Crippen molar-refractivity contribution in [3.05, 3.63) is 28.5 Å². The van der Waals surface area contributed by atoms with E-state index in [0.29, 0.717) is 11.9 Å². The SMILES string of the molecule is CC(C)N(C)CCCCn1c(CCl)nc2cc(Br)ccc21. The normalized spacial score (nSPS) is 12.0. The van der Waals surface area contributed by atoms with Crippen LogP contribution in [0.5, 0.6) is 0 Å². The van der Waals surface area contributed by atoms with Crippen molar-refractivity contribution in [1.82, 2.24) is 14.5 Å². The molecule has 0 aliphatic rings. The van der Waals surface area contributed by atoms with Gasteiger partial charge in [0.05, 0.1) is 16.9 Å². The van der Waals surface area contributed by atoms with E-state index in [1.807, 2.05) is 0 Å². The van der Waals surface area contributed by atoms with Crippen molar-refractivity contribution < 1.29 is 0 Å². The van der Waals surface area contributed by atoms with Crippen LogP contribution in [0.25, 0.3) is 11.0 Å². The number of fused-ring (bicyclic) bond motifs is 1. The predicted octanol–water partition coefficient (Wildman–Crippen LogP) is 4.66. The molecule has 116 valence electrons. The van der Waals surface area contributed by atoms with E-state index in [4.69, 9.17) is 11.6 Å². The maximum atomic E-state index is 6.04. The van der Waals surface area contributed by atoms with Gasteiger partial charge < -0.3 is 9.47 Å². The Bertz CT molecular complexity index is 594. The van der Waals surface area contributed by atoms with E-state index in [-0.39, 0.29) is 0 Å². The molecule has 3 nitrogen and oxygen atoms in total. The first-order chi connectivity index (χ1) is 10.0. The zero-order valence-electron chi connectivity index (χ0n) is 12.9. The molecular formula is C16H23BrClN3. The molecule has 0 radical (unpaired) electrons. The predicted molar refractivity (Wildman–Crippen MR) is 94.0 cm³/mol. The molecule has 2 rings (SSSR count). The van der Waals surface area contributed by atoms with Gasteiger partial charge in [-0.2, -0.15) is 0 Å². The molecule has 0 N–H and O–H groups in total. The number of halogens is 2. The number of imidazole rings is 1. The minimum atomic E-state index is 0.457. The largest absolute Gasteiger partial charge is 0.327 e. The number of hydrogen-bond donors (Lipinski definition) is 0. The summed E-state index contributed by atoms with van der Waals surface area (Å²) in [6.45, 7) is 6.57. The van der Waals surface area contributed by atoms with Gasteiger partial charge in [0.15, 0.2) is 0 Å². The molecule has 0 bridgehead atoms. The van der Waals surface area contributed by atoms with E-state index < -0.39 is 0 Å². The van der Waals surface area contributed by atoms with Crippen LogP contribution in [0.3, 0.4) is 0 Å². The van der Waals surface area contributed by atoms with Gasteiger partial charge in [-0.1, -0.05) is 15.9 Å². The van der Waals surface area contributed by atoms with Crippen LogP contribution in [-0.2, 0) is 12.4 Å². The van der Waals surface area contributed by atoms with Crippen molar-refractivity contribution in [3.8, 4) is 0 Å². The van der Waals surface area contributed by atoms with Gasteiger partial charge in [0, 0.05) is 17.1 Å². The van der Waals surface area contributed by atoms with Crippen LogP contribution < -0.4 is 0 Å². The highest BCUT2D eigenvalue weighted by atomic mass is 79.9. The first kappa shape index (κ1) is 16.8.